The molecule has 8 N–H and O–H groups in total. The molecule has 19 heteroatoms. The van der Waals surface area contributed by atoms with Crippen molar-refractivity contribution >= 4 is 53.3 Å². The number of nitrogens with zero attached hydrogens (tertiary/aromatic N) is 1. The summed E-state index contributed by atoms with van der Waals surface area (Å²) in [7, 11) is 2.83. The Morgan fingerprint density at radius 2 is 1.31 bits per heavy atom. The Morgan fingerprint density at radius 1 is 0.750 bits per heavy atom. The van der Waals surface area contributed by atoms with Crippen LogP contribution in [0.2, 0.25) is 0 Å². The van der Waals surface area contributed by atoms with Crippen molar-refractivity contribution in [1.29, 1.82) is 0 Å². The highest BCUT2D eigenvalue weighted by molar-refractivity contribution is 6.00. The number of allylic oxidation sites excluding steroid dienone is 2. The molecular weight excluding hydrogens is 879 g/mol. The molecule has 7 amide bonds. The van der Waals surface area contributed by atoms with E-state index in [1.807, 2.05) is 50.3 Å². The number of benzene rings is 2. The van der Waals surface area contributed by atoms with Crippen molar-refractivity contribution in [3.63, 3.8) is 0 Å². The third kappa shape index (κ3) is 16.6. The first kappa shape index (κ1) is 55.2. The second-order valence-electron chi connectivity index (χ2n) is 17.0. The number of carbonyl (C=O) groups is 9. The van der Waals surface area contributed by atoms with Crippen LogP contribution < -0.4 is 31.9 Å². The lowest BCUT2D eigenvalue weighted by molar-refractivity contribution is -0.146. The molecule has 0 spiro atoms. The van der Waals surface area contributed by atoms with Crippen molar-refractivity contribution in [1.82, 2.24) is 36.8 Å². The summed E-state index contributed by atoms with van der Waals surface area (Å²) in [6.07, 6.45) is 4.58. The Hall–Kier alpha value is -7.15. The molecule has 10 atom stereocenters. The van der Waals surface area contributed by atoms with E-state index in [9.17, 15) is 53.4 Å². The Labute approximate surface area is 396 Å². The van der Waals surface area contributed by atoms with Gasteiger partial charge in [0.25, 0.3) is 5.91 Å². The summed E-state index contributed by atoms with van der Waals surface area (Å²) in [6, 6.07) is 9.56. The largest absolute Gasteiger partial charge is 0.480 e. The number of carbonyl (C=O) groups excluding carboxylic acids is 7. The molecule has 1 saturated heterocycles. The lowest BCUT2D eigenvalue weighted by Crippen LogP contribution is -2.59. The molecule has 0 unspecified atom stereocenters. The lowest BCUT2D eigenvalue weighted by Gasteiger charge is -2.27. The van der Waals surface area contributed by atoms with Gasteiger partial charge in [-0.1, -0.05) is 112 Å². The molecular formula is C49H65N7O12. The van der Waals surface area contributed by atoms with Crippen LogP contribution in [-0.4, -0.2) is 125 Å². The minimum atomic E-state index is -1.86. The molecule has 1 fully saturated rings. The van der Waals surface area contributed by atoms with E-state index in [0.29, 0.717) is 12.0 Å². The first-order valence-electron chi connectivity index (χ1n) is 22.2. The van der Waals surface area contributed by atoms with Crippen LogP contribution in [0.15, 0.2) is 96.7 Å². The van der Waals surface area contributed by atoms with Gasteiger partial charge in [-0.15, -0.1) is 0 Å². The molecule has 2 aromatic rings. The van der Waals surface area contributed by atoms with Gasteiger partial charge in [0.05, 0.1) is 24.0 Å². The molecule has 3 rings (SSSR count). The number of ether oxygens (including phenoxy) is 1. The molecule has 68 heavy (non-hydrogen) atoms. The lowest BCUT2D eigenvalue weighted by atomic mass is 9.94. The van der Waals surface area contributed by atoms with Gasteiger partial charge in [0.1, 0.15) is 35.9 Å². The number of hydrogen-bond donors (Lipinski definition) is 8. The summed E-state index contributed by atoms with van der Waals surface area (Å²) in [5, 5.41) is 35.2. The van der Waals surface area contributed by atoms with Gasteiger partial charge in [-0.2, -0.15) is 0 Å². The molecule has 0 saturated carbocycles. The number of carboxylic acids is 2. The summed E-state index contributed by atoms with van der Waals surface area (Å²) < 4.78 is 5.79. The van der Waals surface area contributed by atoms with Crippen LogP contribution >= 0.6 is 0 Å². The molecule has 0 aromatic heterocycles. The number of aliphatic carboxylic acids is 2. The van der Waals surface area contributed by atoms with Crippen molar-refractivity contribution in [3.8, 4) is 0 Å². The molecule has 19 nitrogen and oxygen atoms in total. The van der Waals surface area contributed by atoms with Crippen LogP contribution in [0.3, 0.4) is 0 Å². The Morgan fingerprint density at radius 3 is 1.88 bits per heavy atom. The molecule has 1 aliphatic rings. The van der Waals surface area contributed by atoms with Crippen LogP contribution in [0.1, 0.15) is 65.5 Å². The SMILES string of the molecule is C=C1C(=O)N[C@H](C)C(=O)N[C@@H](Cc2ccccc2)C(=O)N[C@@H](C(=O)O)[C@H](C)C(=O)N[C@@H](C)C(=O)N[C@@H](/C=C/C(C)=C/[C@H](C)[C@H](Cc2ccccc2)OC)[C@H](C)C(=O)N[C@@H](C(=O)O)CCC(=O)N1C. The topological polar surface area (TPSA) is 279 Å². The van der Waals surface area contributed by atoms with E-state index in [0.717, 1.165) is 16.0 Å². The minimum Gasteiger partial charge on any atom is -0.480 e. The minimum absolute atomic E-state index is 0.0933. The predicted octanol–water partition coefficient (Wildman–Crippen LogP) is 1.78. The summed E-state index contributed by atoms with van der Waals surface area (Å²) >= 11 is 0. The zero-order valence-electron chi connectivity index (χ0n) is 39.7. The van der Waals surface area contributed by atoms with Crippen molar-refractivity contribution in [2.75, 3.05) is 14.2 Å². The number of methoxy groups -OCH3 is 1. The van der Waals surface area contributed by atoms with Crippen molar-refractivity contribution in [2.24, 2.45) is 17.8 Å². The highest BCUT2D eigenvalue weighted by Crippen LogP contribution is 2.18. The number of likely N-dealkylation sites (N-methyl/N-ethyl adjacent to an activating group) is 1. The molecule has 0 bridgehead atoms. The highest BCUT2D eigenvalue weighted by atomic mass is 16.5. The quantitative estimate of drug-likeness (QED) is 0.118. The van der Waals surface area contributed by atoms with Crippen molar-refractivity contribution in [2.45, 2.75) is 110 Å². The van der Waals surface area contributed by atoms with Gasteiger partial charge in [0.2, 0.25) is 35.4 Å². The number of rotatable bonds is 11. The Kier molecular flexibility index (Phi) is 21.3. The van der Waals surface area contributed by atoms with Gasteiger partial charge in [0.15, 0.2) is 0 Å². The summed E-state index contributed by atoms with van der Waals surface area (Å²) in [5.41, 5.74) is 1.97. The van der Waals surface area contributed by atoms with Gasteiger partial charge in [-0.25, -0.2) is 9.59 Å². The molecule has 1 heterocycles. The summed E-state index contributed by atoms with van der Waals surface area (Å²) in [5.74, 6) is -11.9. The van der Waals surface area contributed by atoms with E-state index >= 15 is 0 Å². The summed E-state index contributed by atoms with van der Waals surface area (Å²) in [6.45, 7) is 12.7. The maximum absolute atomic E-state index is 13.8. The fourth-order valence-corrected chi connectivity index (χ4v) is 7.17. The average molecular weight is 944 g/mol. The predicted molar refractivity (Wildman–Crippen MR) is 251 cm³/mol. The van der Waals surface area contributed by atoms with E-state index in [-0.39, 0.29) is 18.4 Å². The normalized spacial score (nSPS) is 25.9. The van der Waals surface area contributed by atoms with Gasteiger partial charge in [-0.05, 0) is 44.7 Å². The second kappa shape index (κ2) is 26.3. The number of nitrogens with one attached hydrogen (secondary N) is 6. The molecule has 368 valence electrons. The maximum atomic E-state index is 13.8. The number of hydrogen-bond acceptors (Lipinski definition) is 10. The van der Waals surface area contributed by atoms with Crippen LogP contribution in [-0.2, 0) is 60.7 Å². The van der Waals surface area contributed by atoms with E-state index in [1.165, 1.54) is 40.8 Å². The van der Waals surface area contributed by atoms with Gasteiger partial charge in [-0.3, -0.25) is 33.6 Å². The molecule has 0 aliphatic carbocycles. The third-order valence-corrected chi connectivity index (χ3v) is 11.7. The zero-order chi connectivity index (χ0) is 50.8. The third-order valence-electron chi connectivity index (χ3n) is 11.7. The van der Waals surface area contributed by atoms with Gasteiger partial charge in [0, 0.05) is 32.9 Å². The summed E-state index contributed by atoms with van der Waals surface area (Å²) in [4.78, 5) is 121. The molecule has 1 aliphatic heterocycles. The monoisotopic (exact) mass is 943 g/mol. The Bertz CT molecular complexity index is 2220. The highest BCUT2D eigenvalue weighted by Gasteiger charge is 2.37. The van der Waals surface area contributed by atoms with Gasteiger partial charge >= 0.3 is 11.9 Å². The van der Waals surface area contributed by atoms with Crippen LogP contribution in [0.4, 0.5) is 0 Å². The van der Waals surface area contributed by atoms with E-state index < -0.39 is 120 Å². The van der Waals surface area contributed by atoms with Crippen molar-refractivity contribution < 1.29 is 58.1 Å². The fourth-order valence-electron chi connectivity index (χ4n) is 7.17. The average Bonchev–Trinajstić information content (AvgIpc) is 3.30. The van der Waals surface area contributed by atoms with Gasteiger partial charge < -0.3 is 51.8 Å². The van der Waals surface area contributed by atoms with E-state index in [1.54, 1.807) is 43.5 Å². The second-order valence-corrected chi connectivity index (χ2v) is 17.0. The standard InChI is InChI=1S/C49H65N7O12/c1-27(24-28(2)39(68-9)26-35-18-14-11-15-19-35)20-21-36-29(3)42(58)53-37(48(64)65)22-23-40(57)56(8)33(7)46(62)51-32(6)45(61)54-38(25-34-16-12-10-13-17-34)47(63)55-41(49(66)67)30(4)43(59)50-31(5)44(60)52-36/h10-21,24,28-32,36-39,41H,7,22-23,25-26H2,1-6,8-9H3,(H,50,59)(H,51,62)(H,52,60)(H,53,58)(H,54,61)(H,55,63)(H,64,65)(H,66,67)/b21-20+,27-24+/t28-,29-,30-,31-,32+,36-,37+,38-,39-,41+/m0/s1. The smallest absolute Gasteiger partial charge is 0.327 e. The van der Waals surface area contributed by atoms with Crippen LogP contribution in [0.25, 0.3) is 0 Å². The van der Waals surface area contributed by atoms with E-state index in [4.69, 9.17) is 4.74 Å². The maximum Gasteiger partial charge on any atom is 0.327 e. The first-order chi connectivity index (χ1) is 32.0. The van der Waals surface area contributed by atoms with Crippen LogP contribution in [0, 0.1) is 17.8 Å². The fraction of sp³-hybridized carbons (Fsp3) is 0.449. The van der Waals surface area contributed by atoms with E-state index in [2.05, 4.69) is 38.5 Å². The number of amides is 7. The Balaban J connectivity index is 2.02. The zero-order valence-corrected chi connectivity index (χ0v) is 39.7. The van der Waals surface area contributed by atoms with Crippen molar-refractivity contribution in [3.05, 3.63) is 108 Å². The molecule has 2 aromatic carbocycles. The molecule has 0 radical (unpaired) electrons. The number of carboxylic acid groups (broad SMARTS) is 2. The van der Waals surface area contributed by atoms with Crippen LogP contribution in [0.5, 0.6) is 0 Å². The first-order valence-corrected chi connectivity index (χ1v) is 22.2.